The number of alkyl carbamates (subject to hydrolysis) is 1. The number of hydrogen-bond donors (Lipinski definition) is 2. The summed E-state index contributed by atoms with van der Waals surface area (Å²) in [6, 6.07) is 16.6. The Morgan fingerprint density at radius 2 is 1.81 bits per heavy atom. The van der Waals surface area contributed by atoms with Crippen LogP contribution in [0.1, 0.15) is 37.0 Å². The number of nitrogens with one attached hydrogen (secondary N) is 2. The molecule has 0 aliphatic rings. The molecule has 3 aromatic rings. The second-order valence-corrected chi connectivity index (χ2v) is 7.70. The highest BCUT2D eigenvalue weighted by molar-refractivity contribution is 5.85. The van der Waals surface area contributed by atoms with E-state index in [1.54, 1.807) is 11.0 Å². The second kappa shape index (κ2) is 11.6. The van der Waals surface area contributed by atoms with Gasteiger partial charge in [0.15, 0.2) is 0 Å². The summed E-state index contributed by atoms with van der Waals surface area (Å²) in [6.07, 6.45) is 3.29. The average Bonchev–Trinajstić information content (AvgIpc) is 3.33. The average molecular weight is 436 g/mol. The summed E-state index contributed by atoms with van der Waals surface area (Å²) < 4.78 is 7.03. The molecule has 2 amide bonds. The van der Waals surface area contributed by atoms with Gasteiger partial charge in [-0.3, -0.25) is 4.79 Å². The molecule has 0 saturated heterocycles. The molecule has 8 heteroatoms. The van der Waals surface area contributed by atoms with E-state index in [4.69, 9.17) is 4.74 Å². The van der Waals surface area contributed by atoms with Crippen molar-refractivity contribution in [3.05, 3.63) is 83.9 Å². The molecule has 0 saturated carbocycles. The zero-order chi connectivity index (χ0) is 22.8. The Morgan fingerprint density at radius 1 is 1.06 bits per heavy atom. The largest absolute Gasteiger partial charge is 0.445 e. The lowest BCUT2D eigenvalue weighted by molar-refractivity contribution is -0.124. The molecule has 1 heterocycles. The predicted molar refractivity (Wildman–Crippen MR) is 120 cm³/mol. The Bertz CT molecular complexity index is 992. The first-order valence-corrected chi connectivity index (χ1v) is 10.7. The number of carbonyl (C=O) groups is 2. The van der Waals surface area contributed by atoms with E-state index >= 15 is 0 Å². The minimum atomic E-state index is -0.679. The third-order valence-electron chi connectivity index (χ3n) is 5.25. The summed E-state index contributed by atoms with van der Waals surface area (Å²) in [5.41, 5.74) is 2.91. The lowest BCUT2D eigenvalue weighted by Crippen LogP contribution is -2.50. The minimum Gasteiger partial charge on any atom is -0.445 e. The van der Waals surface area contributed by atoms with Gasteiger partial charge in [-0.15, -0.1) is 0 Å². The molecule has 2 aromatic carbocycles. The highest BCUT2D eigenvalue weighted by Gasteiger charge is 2.26. The van der Waals surface area contributed by atoms with E-state index in [0.29, 0.717) is 13.1 Å². The maximum absolute atomic E-state index is 12.9. The maximum atomic E-state index is 12.9. The van der Waals surface area contributed by atoms with Crippen molar-refractivity contribution in [3.63, 3.8) is 0 Å². The molecule has 0 unspecified atom stereocenters. The van der Waals surface area contributed by atoms with Crippen LogP contribution < -0.4 is 10.6 Å². The fourth-order valence-electron chi connectivity index (χ4n) is 3.23. The van der Waals surface area contributed by atoms with Gasteiger partial charge in [0.25, 0.3) is 0 Å². The van der Waals surface area contributed by atoms with Gasteiger partial charge in [-0.05, 0) is 22.6 Å². The summed E-state index contributed by atoms with van der Waals surface area (Å²) in [4.78, 5) is 29.1. The number of nitrogens with zero attached hydrogens (tertiary/aromatic N) is 3. The zero-order valence-corrected chi connectivity index (χ0v) is 18.4. The van der Waals surface area contributed by atoms with Crippen LogP contribution in [0.5, 0.6) is 0 Å². The van der Waals surface area contributed by atoms with Gasteiger partial charge >= 0.3 is 6.09 Å². The van der Waals surface area contributed by atoms with Crippen molar-refractivity contribution in [2.75, 3.05) is 0 Å². The molecule has 2 N–H and O–H groups in total. The Labute approximate surface area is 188 Å². The van der Waals surface area contributed by atoms with Crippen molar-refractivity contribution < 1.29 is 14.3 Å². The molecule has 2 atom stereocenters. The topological polar surface area (TPSA) is 98.1 Å². The first-order chi connectivity index (χ1) is 15.5. The van der Waals surface area contributed by atoms with E-state index in [9.17, 15) is 9.59 Å². The van der Waals surface area contributed by atoms with Crippen LogP contribution in [0.4, 0.5) is 4.79 Å². The first-order valence-electron chi connectivity index (χ1n) is 10.7. The van der Waals surface area contributed by atoms with Crippen LogP contribution in [0.2, 0.25) is 0 Å². The number of amides is 2. The molecule has 1 aromatic heterocycles. The van der Waals surface area contributed by atoms with Gasteiger partial charge in [-0.25, -0.2) is 14.5 Å². The predicted octanol–water partition coefficient (Wildman–Crippen LogP) is 3.28. The van der Waals surface area contributed by atoms with E-state index in [1.165, 1.54) is 6.33 Å². The van der Waals surface area contributed by atoms with Gasteiger partial charge in [-0.2, -0.15) is 5.10 Å². The Morgan fingerprint density at radius 3 is 2.53 bits per heavy atom. The van der Waals surface area contributed by atoms with E-state index in [-0.39, 0.29) is 18.4 Å². The number of hydrogen-bond acceptors (Lipinski definition) is 5. The van der Waals surface area contributed by atoms with Gasteiger partial charge in [0, 0.05) is 6.54 Å². The quantitative estimate of drug-likeness (QED) is 0.509. The van der Waals surface area contributed by atoms with Gasteiger partial charge in [-0.1, -0.05) is 74.9 Å². The third-order valence-corrected chi connectivity index (χ3v) is 5.25. The zero-order valence-electron chi connectivity index (χ0n) is 18.4. The van der Waals surface area contributed by atoms with Crippen molar-refractivity contribution >= 4 is 12.0 Å². The van der Waals surface area contributed by atoms with Crippen LogP contribution in [-0.2, 0) is 29.2 Å². The summed E-state index contributed by atoms with van der Waals surface area (Å²) in [5, 5.41) is 9.77. The monoisotopic (exact) mass is 435 g/mol. The molecule has 0 radical (unpaired) electrons. The second-order valence-electron chi connectivity index (χ2n) is 7.70. The van der Waals surface area contributed by atoms with E-state index in [0.717, 1.165) is 23.1 Å². The first kappa shape index (κ1) is 23.0. The van der Waals surface area contributed by atoms with Crippen LogP contribution in [0.25, 0.3) is 0 Å². The SMILES string of the molecule is CC[C@H](C)[C@H](NC(=O)OCc1ccccc1)C(=O)NCc1cccc(Cn2cncn2)c1. The van der Waals surface area contributed by atoms with Crippen molar-refractivity contribution in [1.29, 1.82) is 0 Å². The standard InChI is InChI=1S/C24H29N5O3/c1-3-18(2)22(28-24(31)32-15-19-8-5-4-6-9-19)23(30)26-13-20-10-7-11-21(12-20)14-29-17-25-16-27-29/h4-12,16-18,22H,3,13-15H2,1-2H3,(H,26,30)(H,28,31)/t18-,22-/m0/s1. The van der Waals surface area contributed by atoms with E-state index in [1.807, 2.05) is 68.4 Å². The van der Waals surface area contributed by atoms with Gasteiger partial charge in [0.2, 0.25) is 5.91 Å². The fraction of sp³-hybridized carbons (Fsp3) is 0.333. The van der Waals surface area contributed by atoms with Crippen LogP contribution >= 0.6 is 0 Å². The molecular formula is C24H29N5O3. The van der Waals surface area contributed by atoms with Crippen LogP contribution in [0, 0.1) is 5.92 Å². The lowest BCUT2D eigenvalue weighted by atomic mass is 9.98. The molecule has 0 spiro atoms. The number of carbonyl (C=O) groups excluding carboxylic acids is 2. The van der Waals surface area contributed by atoms with Crippen molar-refractivity contribution in [1.82, 2.24) is 25.4 Å². The Hall–Kier alpha value is -3.68. The van der Waals surface area contributed by atoms with Crippen molar-refractivity contribution in [2.45, 2.75) is 46.0 Å². The molecule has 0 fully saturated rings. The van der Waals surface area contributed by atoms with Crippen LogP contribution in [0.3, 0.4) is 0 Å². The normalized spacial score (nSPS) is 12.6. The fourth-order valence-corrected chi connectivity index (χ4v) is 3.23. The maximum Gasteiger partial charge on any atom is 0.408 e. The third kappa shape index (κ3) is 6.94. The molecule has 8 nitrogen and oxygen atoms in total. The number of ether oxygens (including phenoxy) is 1. The number of benzene rings is 2. The number of rotatable bonds is 10. The van der Waals surface area contributed by atoms with E-state index < -0.39 is 12.1 Å². The molecule has 168 valence electrons. The summed E-state index contributed by atoms with van der Waals surface area (Å²) in [7, 11) is 0. The van der Waals surface area contributed by atoms with Gasteiger partial charge in [0.1, 0.15) is 25.3 Å². The molecule has 0 aliphatic heterocycles. The Balaban J connectivity index is 1.54. The summed E-state index contributed by atoms with van der Waals surface area (Å²) >= 11 is 0. The molecule has 3 rings (SSSR count). The van der Waals surface area contributed by atoms with Gasteiger partial charge in [0.05, 0.1) is 6.54 Å². The highest BCUT2D eigenvalue weighted by atomic mass is 16.5. The molecule has 32 heavy (non-hydrogen) atoms. The van der Waals surface area contributed by atoms with Crippen LogP contribution in [0.15, 0.2) is 67.3 Å². The van der Waals surface area contributed by atoms with Crippen molar-refractivity contribution in [3.8, 4) is 0 Å². The van der Waals surface area contributed by atoms with Crippen molar-refractivity contribution in [2.24, 2.45) is 5.92 Å². The van der Waals surface area contributed by atoms with E-state index in [2.05, 4.69) is 20.7 Å². The van der Waals surface area contributed by atoms with Crippen LogP contribution in [-0.4, -0.2) is 32.8 Å². The summed E-state index contributed by atoms with van der Waals surface area (Å²) in [6.45, 7) is 5.03. The lowest BCUT2D eigenvalue weighted by Gasteiger charge is -2.23. The number of aromatic nitrogens is 3. The molecular weight excluding hydrogens is 406 g/mol. The summed E-state index contributed by atoms with van der Waals surface area (Å²) in [5.74, 6) is -0.282. The Kier molecular flexibility index (Phi) is 8.36. The smallest absolute Gasteiger partial charge is 0.408 e. The highest BCUT2D eigenvalue weighted by Crippen LogP contribution is 2.11. The minimum absolute atomic E-state index is 0.0436. The molecule has 0 aliphatic carbocycles. The molecule has 0 bridgehead atoms. The van der Waals surface area contributed by atoms with Gasteiger partial charge < -0.3 is 15.4 Å².